The van der Waals surface area contributed by atoms with Crippen LogP contribution in [0.4, 0.5) is 0 Å². The van der Waals surface area contributed by atoms with Crippen LogP contribution in [0.15, 0.2) is 30.3 Å². The number of para-hydroxylation sites is 1. The van der Waals surface area contributed by atoms with E-state index in [0.717, 1.165) is 5.75 Å². The summed E-state index contributed by atoms with van der Waals surface area (Å²) in [5.41, 5.74) is 0. The molecule has 0 aromatic heterocycles. The molecule has 1 unspecified atom stereocenters. The molecule has 0 heterocycles. The summed E-state index contributed by atoms with van der Waals surface area (Å²) in [5.74, 6) is 0.873. The zero-order valence-corrected chi connectivity index (χ0v) is 20.8. The first kappa shape index (κ1) is 29.6. The number of hydrogen-bond donors (Lipinski definition) is 0. The van der Waals surface area contributed by atoms with Gasteiger partial charge in [0, 0.05) is 0 Å². The van der Waals surface area contributed by atoms with Gasteiger partial charge in [-0.25, -0.2) is 0 Å². The van der Waals surface area contributed by atoms with Crippen LogP contribution in [0.25, 0.3) is 0 Å². The van der Waals surface area contributed by atoms with Crippen molar-refractivity contribution in [2.75, 3.05) is 0 Å². The first-order valence-corrected chi connectivity index (χ1v) is 12.7. The normalized spacial score (nSPS) is 9.75. The van der Waals surface area contributed by atoms with Crippen molar-refractivity contribution in [1.82, 2.24) is 0 Å². The Labute approximate surface area is 180 Å². The van der Waals surface area contributed by atoms with Crippen LogP contribution < -0.4 is 4.52 Å². The van der Waals surface area contributed by atoms with Crippen LogP contribution in [0.5, 0.6) is 5.75 Å². The molecule has 0 aliphatic carbocycles. The topological polar surface area (TPSA) is 9.23 Å². The summed E-state index contributed by atoms with van der Waals surface area (Å²) >= 11 is 0. The van der Waals surface area contributed by atoms with Gasteiger partial charge in [0.1, 0.15) is 5.75 Å². The molecule has 0 radical (unpaired) electrons. The molecule has 0 bridgehead atoms. The summed E-state index contributed by atoms with van der Waals surface area (Å²) in [4.78, 5) is 0. The maximum atomic E-state index is 4.83. The molecular formula is C26H51OP. The van der Waals surface area contributed by atoms with E-state index in [0.29, 0.717) is 0 Å². The van der Waals surface area contributed by atoms with Crippen molar-refractivity contribution >= 4 is 9.47 Å². The number of rotatable bonds is 15. The highest BCUT2D eigenvalue weighted by molar-refractivity contribution is 7.10. The highest BCUT2D eigenvalue weighted by Gasteiger charge is 1.88. The molecule has 0 N–H and O–H groups in total. The van der Waals surface area contributed by atoms with Crippen LogP contribution in [0.1, 0.15) is 130 Å². The van der Waals surface area contributed by atoms with Crippen LogP contribution in [-0.4, -0.2) is 0 Å². The molecule has 2 heteroatoms. The Kier molecular flexibility index (Phi) is 30.3. The molecule has 1 nitrogen and oxygen atoms in total. The molecule has 0 amide bonds. The van der Waals surface area contributed by atoms with Crippen LogP contribution in [0.2, 0.25) is 0 Å². The predicted molar refractivity (Wildman–Crippen MR) is 133 cm³/mol. The van der Waals surface area contributed by atoms with Crippen molar-refractivity contribution < 1.29 is 4.52 Å². The molecule has 166 valence electrons. The minimum atomic E-state index is 0.873. The summed E-state index contributed by atoms with van der Waals surface area (Å²) in [6, 6.07) is 9.60. The minimum Gasteiger partial charge on any atom is -0.480 e. The summed E-state index contributed by atoms with van der Waals surface area (Å²) < 4.78 is 4.83. The van der Waals surface area contributed by atoms with Crippen molar-refractivity contribution in [3.8, 4) is 5.75 Å². The SMILES string of the molecule is CCCCCCCCCC.CCCCCCCCCC.POc1ccccc1. The Morgan fingerprint density at radius 2 is 0.786 bits per heavy atom. The predicted octanol–water partition coefficient (Wildman–Crippen LogP) is 10.1. The van der Waals surface area contributed by atoms with Gasteiger partial charge in [-0.1, -0.05) is 149 Å². The molecular weight excluding hydrogens is 359 g/mol. The molecule has 1 aromatic rings. The first-order chi connectivity index (χ1) is 13.8. The Morgan fingerprint density at radius 1 is 0.500 bits per heavy atom. The lowest BCUT2D eigenvalue weighted by molar-refractivity contribution is 0.585. The molecule has 28 heavy (non-hydrogen) atoms. The van der Waals surface area contributed by atoms with Gasteiger partial charge in [-0.3, -0.25) is 0 Å². The number of benzene rings is 1. The lowest BCUT2D eigenvalue weighted by Crippen LogP contribution is -1.77. The largest absolute Gasteiger partial charge is 0.480 e. The third-order valence-corrected chi connectivity index (χ3v) is 5.07. The third-order valence-electron chi connectivity index (χ3n) is 4.79. The monoisotopic (exact) mass is 410 g/mol. The fourth-order valence-electron chi connectivity index (χ4n) is 2.91. The van der Waals surface area contributed by atoms with Gasteiger partial charge in [0.25, 0.3) is 0 Å². The summed E-state index contributed by atoms with van der Waals surface area (Å²) in [7, 11) is 2.19. The van der Waals surface area contributed by atoms with E-state index in [1.165, 1.54) is 103 Å². The zero-order chi connectivity index (χ0) is 21.1. The second-order valence-corrected chi connectivity index (χ2v) is 7.91. The lowest BCUT2D eigenvalue weighted by Gasteiger charge is -1.97. The standard InChI is InChI=1S/2C10H22.C6H7OP/c2*1-3-5-7-9-10-8-6-4-2;8-7-6-4-2-1-3-5-6/h2*3-10H2,1-2H3;1-5H,8H2. The van der Waals surface area contributed by atoms with E-state index >= 15 is 0 Å². The average molecular weight is 411 g/mol. The van der Waals surface area contributed by atoms with Gasteiger partial charge < -0.3 is 4.52 Å². The van der Waals surface area contributed by atoms with Crippen molar-refractivity contribution in [2.45, 2.75) is 130 Å². The Morgan fingerprint density at radius 3 is 1.00 bits per heavy atom. The van der Waals surface area contributed by atoms with Crippen molar-refractivity contribution in [3.05, 3.63) is 30.3 Å². The molecule has 0 aliphatic rings. The Balaban J connectivity index is 0. The van der Waals surface area contributed by atoms with Crippen LogP contribution in [0.3, 0.4) is 0 Å². The molecule has 0 saturated heterocycles. The van der Waals surface area contributed by atoms with Gasteiger partial charge in [0.05, 0.1) is 9.47 Å². The first-order valence-electron chi connectivity index (χ1n) is 12.2. The summed E-state index contributed by atoms with van der Waals surface area (Å²) in [6.45, 7) is 9.08. The second kappa shape index (κ2) is 28.7. The van der Waals surface area contributed by atoms with Gasteiger partial charge >= 0.3 is 0 Å². The van der Waals surface area contributed by atoms with E-state index in [-0.39, 0.29) is 0 Å². The van der Waals surface area contributed by atoms with Crippen LogP contribution >= 0.6 is 9.47 Å². The van der Waals surface area contributed by atoms with E-state index in [1.54, 1.807) is 0 Å². The van der Waals surface area contributed by atoms with E-state index in [1.807, 2.05) is 30.3 Å². The smallest absolute Gasteiger partial charge is 0.122 e. The number of unbranched alkanes of at least 4 members (excludes halogenated alkanes) is 14. The Hall–Kier alpha value is -0.550. The van der Waals surface area contributed by atoms with Gasteiger partial charge in [0.2, 0.25) is 0 Å². The molecule has 0 saturated carbocycles. The second-order valence-electron chi connectivity index (χ2n) is 7.67. The van der Waals surface area contributed by atoms with Crippen LogP contribution in [-0.2, 0) is 0 Å². The minimum absolute atomic E-state index is 0.873. The lowest BCUT2D eigenvalue weighted by atomic mass is 10.1. The highest BCUT2D eigenvalue weighted by atomic mass is 31.0. The zero-order valence-electron chi connectivity index (χ0n) is 19.7. The van der Waals surface area contributed by atoms with Crippen molar-refractivity contribution in [3.63, 3.8) is 0 Å². The van der Waals surface area contributed by atoms with Gasteiger partial charge in [-0.15, -0.1) is 0 Å². The third kappa shape index (κ3) is 27.7. The van der Waals surface area contributed by atoms with Gasteiger partial charge in [-0.05, 0) is 12.1 Å². The van der Waals surface area contributed by atoms with E-state index in [4.69, 9.17) is 4.52 Å². The average Bonchev–Trinajstić information content (AvgIpc) is 2.75. The van der Waals surface area contributed by atoms with E-state index < -0.39 is 0 Å². The van der Waals surface area contributed by atoms with Gasteiger partial charge in [-0.2, -0.15) is 0 Å². The summed E-state index contributed by atoms with van der Waals surface area (Å²) in [6.07, 6.45) is 22.9. The van der Waals surface area contributed by atoms with E-state index in [9.17, 15) is 0 Å². The molecule has 1 rings (SSSR count). The molecule has 1 aromatic carbocycles. The quantitative estimate of drug-likeness (QED) is 0.206. The van der Waals surface area contributed by atoms with Crippen LogP contribution in [0, 0.1) is 0 Å². The summed E-state index contributed by atoms with van der Waals surface area (Å²) in [5, 5.41) is 0. The molecule has 0 fully saturated rings. The Bertz CT molecular complexity index is 321. The molecule has 1 atom stereocenters. The van der Waals surface area contributed by atoms with Crippen molar-refractivity contribution in [1.29, 1.82) is 0 Å². The maximum absolute atomic E-state index is 4.83. The fourth-order valence-corrected chi connectivity index (χ4v) is 3.07. The molecule has 0 aliphatic heterocycles. The fraction of sp³-hybridized carbons (Fsp3) is 0.769. The van der Waals surface area contributed by atoms with E-state index in [2.05, 4.69) is 37.2 Å². The van der Waals surface area contributed by atoms with Gasteiger partial charge in [0.15, 0.2) is 0 Å². The molecule has 0 spiro atoms. The number of hydrogen-bond acceptors (Lipinski definition) is 1. The van der Waals surface area contributed by atoms with Crippen molar-refractivity contribution in [2.24, 2.45) is 0 Å². The highest BCUT2D eigenvalue weighted by Crippen LogP contribution is 2.10. The maximum Gasteiger partial charge on any atom is 0.122 e.